The Morgan fingerprint density at radius 1 is 1.17 bits per heavy atom. The van der Waals surface area contributed by atoms with Gasteiger partial charge in [0.2, 0.25) is 5.91 Å². The Morgan fingerprint density at radius 3 is 2.11 bits per heavy atom. The Balaban J connectivity index is 2.06. The molecule has 1 atom stereocenters. The van der Waals surface area contributed by atoms with Crippen molar-refractivity contribution in [1.29, 1.82) is 0 Å². The van der Waals surface area contributed by atoms with E-state index in [1.807, 2.05) is 18.7 Å². The van der Waals surface area contributed by atoms with Gasteiger partial charge in [0.1, 0.15) is 0 Å². The third-order valence-corrected chi connectivity index (χ3v) is 4.43. The van der Waals surface area contributed by atoms with Crippen molar-refractivity contribution in [2.45, 2.75) is 31.9 Å². The topological polar surface area (TPSA) is 20.3 Å². The summed E-state index contributed by atoms with van der Waals surface area (Å²) >= 11 is 4.44. The van der Waals surface area contributed by atoms with Crippen LogP contribution >= 0.6 is 12.6 Å². The van der Waals surface area contributed by atoms with Gasteiger partial charge in [-0.3, -0.25) is 4.79 Å². The lowest BCUT2D eigenvalue weighted by atomic mass is 10.0. The van der Waals surface area contributed by atoms with Gasteiger partial charge in [-0.25, -0.2) is 0 Å². The van der Waals surface area contributed by atoms with Gasteiger partial charge in [-0.15, -0.1) is 0 Å². The van der Waals surface area contributed by atoms with Gasteiger partial charge >= 0.3 is 0 Å². The second kappa shape index (κ2) is 5.79. The number of hydrogen-bond acceptors (Lipinski definition) is 2. The van der Waals surface area contributed by atoms with Crippen molar-refractivity contribution < 1.29 is 4.79 Å². The molecule has 1 amide bonds. The van der Waals surface area contributed by atoms with E-state index >= 15 is 0 Å². The van der Waals surface area contributed by atoms with Crippen LogP contribution in [-0.2, 0) is 17.6 Å². The van der Waals surface area contributed by atoms with Crippen molar-refractivity contribution in [1.82, 2.24) is 4.90 Å². The molecule has 0 aliphatic carbocycles. The summed E-state index contributed by atoms with van der Waals surface area (Å²) in [5.41, 5.74) is 2.76. The van der Waals surface area contributed by atoms with Gasteiger partial charge in [-0.2, -0.15) is 12.6 Å². The maximum atomic E-state index is 12.3. The predicted octanol–water partition coefficient (Wildman–Crippen LogP) is 2.57. The molecule has 1 aromatic carbocycles. The molecule has 0 aromatic heterocycles. The zero-order chi connectivity index (χ0) is 13.1. The van der Waals surface area contributed by atoms with Crippen LogP contribution in [0.3, 0.4) is 0 Å². The van der Waals surface area contributed by atoms with Crippen LogP contribution in [0.25, 0.3) is 0 Å². The average Bonchev–Trinajstić information content (AvgIpc) is 2.59. The monoisotopic (exact) mass is 263 g/mol. The van der Waals surface area contributed by atoms with E-state index in [2.05, 4.69) is 36.9 Å². The highest BCUT2D eigenvalue weighted by Crippen LogP contribution is 2.18. The van der Waals surface area contributed by atoms with Crippen LogP contribution in [0.4, 0.5) is 0 Å². The fourth-order valence-electron chi connectivity index (χ4n) is 2.36. The molecule has 0 spiro atoms. The van der Waals surface area contributed by atoms with Crippen LogP contribution in [0.15, 0.2) is 24.3 Å². The Morgan fingerprint density at radius 2 is 1.67 bits per heavy atom. The summed E-state index contributed by atoms with van der Waals surface area (Å²) in [4.78, 5) is 14.3. The van der Waals surface area contributed by atoms with Crippen molar-refractivity contribution >= 4 is 18.5 Å². The number of nitrogens with zero attached hydrogens (tertiary/aromatic N) is 1. The largest absolute Gasteiger partial charge is 0.341 e. The molecule has 1 aliphatic rings. The van der Waals surface area contributed by atoms with E-state index in [4.69, 9.17) is 0 Å². The lowest BCUT2D eigenvalue weighted by Crippen LogP contribution is -2.40. The summed E-state index contributed by atoms with van der Waals surface area (Å²) in [6, 6.07) is 8.49. The van der Waals surface area contributed by atoms with Crippen LogP contribution in [0, 0.1) is 5.92 Å². The molecule has 0 fully saturated rings. The third kappa shape index (κ3) is 2.89. The highest BCUT2D eigenvalue weighted by Gasteiger charge is 2.25. The minimum Gasteiger partial charge on any atom is -0.341 e. The fourth-order valence-corrected chi connectivity index (χ4v) is 2.52. The van der Waals surface area contributed by atoms with Crippen molar-refractivity contribution in [3.63, 3.8) is 0 Å². The summed E-state index contributed by atoms with van der Waals surface area (Å²) < 4.78 is 0. The molecule has 2 nitrogen and oxygen atoms in total. The van der Waals surface area contributed by atoms with Gasteiger partial charge in [0.25, 0.3) is 0 Å². The Hall–Kier alpha value is -0.960. The molecule has 1 aromatic rings. The molecule has 0 saturated carbocycles. The molecule has 1 unspecified atom stereocenters. The number of carbonyl (C=O) groups excluding carboxylic acids is 1. The number of carbonyl (C=O) groups is 1. The fraction of sp³-hybridized carbons (Fsp3) is 0.533. The molecule has 0 saturated heterocycles. The number of thiol groups is 1. The maximum Gasteiger partial charge on any atom is 0.235 e. The van der Waals surface area contributed by atoms with Crippen molar-refractivity contribution in [3.8, 4) is 0 Å². The molecule has 0 N–H and O–H groups in total. The summed E-state index contributed by atoms with van der Waals surface area (Å²) in [6.45, 7) is 5.73. The predicted molar refractivity (Wildman–Crippen MR) is 78.0 cm³/mol. The van der Waals surface area contributed by atoms with Crippen LogP contribution < -0.4 is 0 Å². The number of benzene rings is 1. The standard InChI is InChI=1S/C15H21NOS/c1-11(2)14(18)15(17)16-9-7-12-5-3-4-6-13(12)8-10-16/h3-6,11,14,18H,7-10H2,1-2H3. The molecule has 0 radical (unpaired) electrons. The van der Waals surface area contributed by atoms with E-state index in [1.165, 1.54) is 11.1 Å². The highest BCUT2D eigenvalue weighted by molar-refractivity contribution is 7.81. The normalized spacial score (nSPS) is 17.2. The molecule has 1 heterocycles. The minimum absolute atomic E-state index is 0.175. The highest BCUT2D eigenvalue weighted by atomic mass is 32.1. The molecule has 3 heteroatoms. The van der Waals surface area contributed by atoms with Gasteiger partial charge in [0.15, 0.2) is 0 Å². The van der Waals surface area contributed by atoms with Crippen LogP contribution in [0.1, 0.15) is 25.0 Å². The Labute approximate surface area is 115 Å². The molecule has 2 rings (SSSR count). The first-order valence-corrected chi connectivity index (χ1v) is 7.15. The smallest absolute Gasteiger partial charge is 0.235 e. The molecule has 0 bridgehead atoms. The van der Waals surface area contributed by atoms with Crippen LogP contribution in [0.2, 0.25) is 0 Å². The van der Waals surface area contributed by atoms with Crippen molar-refractivity contribution in [2.75, 3.05) is 13.1 Å². The van der Waals surface area contributed by atoms with Gasteiger partial charge in [-0.1, -0.05) is 38.1 Å². The second-order valence-corrected chi connectivity index (χ2v) is 5.84. The molecular formula is C15H21NOS. The summed E-state index contributed by atoms with van der Waals surface area (Å²) in [5, 5.41) is -0.175. The first-order chi connectivity index (χ1) is 8.59. The third-order valence-electron chi connectivity index (χ3n) is 3.62. The van der Waals surface area contributed by atoms with E-state index in [0.29, 0.717) is 0 Å². The van der Waals surface area contributed by atoms with Gasteiger partial charge in [0, 0.05) is 13.1 Å². The van der Waals surface area contributed by atoms with Crippen molar-refractivity contribution in [2.24, 2.45) is 5.92 Å². The molecular weight excluding hydrogens is 242 g/mol. The van der Waals surface area contributed by atoms with E-state index in [1.54, 1.807) is 0 Å². The van der Waals surface area contributed by atoms with Crippen LogP contribution in [-0.4, -0.2) is 29.1 Å². The summed E-state index contributed by atoms with van der Waals surface area (Å²) in [5.74, 6) is 0.465. The van der Waals surface area contributed by atoms with E-state index in [9.17, 15) is 4.79 Å². The maximum absolute atomic E-state index is 12.3. The lowest BCUT2D eigenvalue weighted by Gasteiger charge is -2.25. The molecule has 98 valence electrons. The first-order valence-electron chi connectivity index (χ1n) is 6.63. The Kier molecular flexibility index (Phi) is 4.33. The van der Waals surface area contributed by atoms with E-state index in [-0.39, 0.29) is 17.1 Å². The van der Waals surface area contributed by atoms with Crippen LogP contribution in [0.5, 0.6) is 0 Å². The average molecular weight is 263 g/mol. The summed E-state index contributed by atoms with van der Waals surface area (Å²) in [6.07, 6.45) is 1.92. The number of fused-ring (bicyclic) bond motifs is 1. The Bertz CT molecular complexity index is 403. The minimum atomic E-state index is -0.175. The first kappa shape index (κ1) is 13.5. The van der Waals surface area contributed by atoms with Gasteiger partial charge in [0.05, 0.1) is 5.25 Å². The zero-order valence-electron chi connectivity index (χ0n) is 11.1. The lowest BCUT2D eigenvalue weighted by molar-refractivity contribution is -0.131. The van der Waals surface area contributed by atoms with Gasteiger partial charge < -0.3 is 4.90 Å². The summed E-state index contributed by atoms with van der Waals surface area (Å²) in [7, 11) is 0. The van der Waals surface area contributed by atoms with E-state index < -0.39 is 0 Å². The second-order valence-electron chi connectivity index (χ2n) is 5.28. The SMILES string of the molecule is CC(C)C(S)C(=O)N1CCc2ccccc2CC1. The van der Waals surface area contributed by atoms with Crippen molar-refractivity contribution in [3.05, 3.63) is 35.4 Å². The number of rotatable bonds is 2. The molecule has 1 aliphatic heterocycles. The van der Waals surface area contributed by atoms with E-state index in [0.717, 1.165) is 25.9 Å². The zero-order valence-corrected chi connectivity index (χ0v) is 12.0. The number of amides is 1. The quantitative estimate of drug-likeness (QED) is 0.813. The molecule has 18 heavy (non-hydrogen) atoms. The van der Waals surface area contributed by atoms with Gasteiger partial charge in [-0.05, 0) is 29.9 Å². The number of hydrogen-bond donors (Lipinski definition) is 1.